The maximum absolute atomic E-state index is 5.19. The molecule has 1 heterocycles. The molecule has 0 saturated heterocycles. The summed E-state index contributed by atoms with van der Waals surface area (Å²) in [5.41, 5.74) is 2.90. The fourth-order valence-corrected chi connectivity index (χ4v) is 2.30. The van der Waals surface area contributed by atoms with Crippen LogP contribution in [0.25, 0.3) is 0 Å². The van der Waals surface area contributed by atoms with Crippen molar-refractivity contribution in [2.24, 2.45) is 0 Å². The molecule has 0 aliphatic heterocycles. The van der Waals surface area contributed by atoms with Crippen molar-refractivity contribution in [1.29, 1.82) is 0 Å². The van der Waals surface area contributed by atoms with E-state index >= 15 is 0 Å². The molecule has 1 aromatic rings. The van der Waals surface area contributed by atoms with Gasteiger partial charge in [-0.05, 0) is 13.8 Å². The lowest BCUT2D eigenvalue weighted by atomic mass is 10.5. The SMILES string of the molecule is CCN(CC)c1ncc(CNOCCOC)s1. The molecule has 0 aliphatic carbocycles. The van der Waals surface area contributed by atoms with Crippen molar-refractivity contribution < 1.29 is 9.57 Å². The molecule has 6 heteroatoms. The van der Waals surface area contributed by atoms with E-state index in [0.29, 0.717) is 19.8 Å². The third-order valence-corrected chi connectivity index (χ3v) is 3.37. The highest BCUT2D eigenvalue weighted by atomic mass is 32.1. The van der Waals surface area contributed by atoms with Crippen LogP contribution in [-0.4, -0.2) is 38.4 Å². The third-order valence-electron chi connectivity index (χ3n) is 2.31. The van der Waals surface area contributed by atoms with E-state index in [1.807, 2.05) is 6.20 Å². The first-order chi connectivity index (χ1) is 8.31. The topological polar surface area (TPSA) is 46.6 Å². The Labute approximate surface area is 107 Å². The average Bonchev–Trinajstić information content (AvgIpc) is 2.79. The fourth-order valence-electron chi connectivity index (χ4n) is 1.34. The van der Waals surface area contributed by atoms with Crippen molar-refractivity contribution in [3.05, 3.63) is 11.1 Å². The van der Waals surface area contributed by atoms with Gasteiger partial charge in [0.15, 0.2) is 5.13 Å². The summed E-state index contributed by atoms with van der Waals surface area (Å²) in [6.45, 7) is 8.08. The van der Waals surface area contributed by atoms with E-state index in [-0.39, 0.29) is 0 Å². The first kappa shape index (κ1) is 14.4. The predicted molar refractivity (Wildman–Crippen MR) is 70.3 cm³/mol. The van der Waals surface area contributed by atoms with Gasteiger partial charge in [-0.25, -0.2) is 4.98 Å². The second kappa shape index (κ2) is 8.41. The highest BCUT2D eigenvalue weighted by Gasteiger charge is 2.07. The Morgan fingerprint density at radius 3 is 2.76 bits per heavy atom. The molecule has 98 valence electrons. The summed E-state index contributed by atoms with van der Waals surface area (Å²) in [4.78, 5) is 13.0. The molecule has 0 bridgehead atoms. The van der Waals surface area contributed by atoms with E-state index in [1.54, 1.807) is 18.4 Å². The normalized spacial score (nSPS) is 10.8. The van der Waals surface area contributed by atoms with Gasteiger partial charge in [-0.3, -0.25) is 4.84 Å². The van der Waals surface area contributed by atoms with Crippen LogP contribution in [0.5, 0.6) is 0 Å². The largest absolute Gasteiger partial charge is 0.382 e. The van der Waals surface area contributed by atoms with Gasteiger partial charge in [0.05, 0.1) is 19.8 Å². The molecule has 1 N–H and O–H groups in total. The Bertz CT molecular complexity index is 303. The van der Waals surface area contributed by atoms with E-state index in [0.717, 1.165) is 18.2 Å². The van der Waals surface area contributed by atoms with Crippen molar-refractivity contribution in [3.63, 3.8) is 0 Å². The van der Waals surface area contributed by atoms with Crippen LogP contribution < -0.4 is 10.4 Å². The number of nitrogens with zero attached hydrogens (tertiary/aromatic N) is 2. The lowest BCUT2D eigenvalue weighted by molar-refractivity contribution is 0.00385. The van der Waals surface area contributed by atoms with Crippen LogP contribution in [0.15, 0.2) is 6.20 Å². The summed E-state index contributed by atoms with van der Waals surface area (Å²) in [5.74, 6) is 0. The maximum atomic E-state index is 5.19. The molecule has 0 radical (unpaired) electrons. The molecule has 0 amide bonds. The minimum Gasteiger partial charge on any atom is -0.382 e. The van der Waals surface area contributed by atoms with Gasteiger partial charge in [0.25, 0.3) is 0 Å². The van der Waals surface area contributed by atoms with Gasteiger partial charge in [-0.2, -0.15) is 5.48 Å². The van der Waals surface area contributed by atoms with Crippen LogP contribution >= 0.6 is 11.3 Å². The zero-order valence-corrected chi connectivity index (χ0v) is 11.5. The lowest BCUT2D eigenvalue weighted by Crippen LogP contribution is -2.21. The average molecular weight is 259 g/mol. The predicted octanol–water partition coefficient (Wildman–Crippen LogP) is 1.66. The van der Waals surface area contributed by atoms with Crippen LogP contribution in [-0.2, 0) is 16.1 Å². The highest BCUT2D eigenvalue weighted by Crippen LogP contribution is 2.21. The Morgan fingerprint density at radius 1 is 1.35 bits per heavy atom. The molecule has 0 unspecified atom stereocenters. The van der Waals surface area contributed by atoms with Crippen molar-refractivity contribution in [2.45, 2.75) is 20.4 Å². The standard InChI is InChI=1S/C11H21N3O2S/c1-4-14(5-2)11-12-8-10(17-11)9-13-16-7-6-15-3/h8,13H,4-7,9H2,1-3H3. The van der Waals surface area contributed by atoms with Crippen molar-refractivity contribution >= 4 is 16.5 Å². The van der Waals surface area contributed by atoms with E-state index in [4.69, 9.17) is 9.57 Å². The van der Waals surface area contributed by atoms with Crippen LogP contribution in [0.3, 0.4) is 0 Å². The molecule has 17 heavy (non-hydrogen) atoms. The van der Waals surface area contributed by atoms with Gasteiger partial charge in [0.1, 0.15) is 0 Å². The highest BCUT2D eigenvalue weighted by molar-refractivity contribution is 7.15. The van der Waals surface area contributed by atoms with Gasteiger partial charge in [0, 0.05) is 31.3 Å². The summed E-state index contributed by atoms with van der Waals surface area (Å²) in [7, 11) is 1.66. The first-order valence-corrected chi connectivity index (χ1v) is 6.66. The van der Waals surface area contributed by atoms with Gasteiger partial charge >= 0.3 is 0 Å². The Kier molecular flexibility index (Phi) is 7.11. The van der Waals surface area contributed by atoms with Crippen LogP contribution in [0.4, 0.5) is 5.13 Å². The zero-order valence-electron chi connectivity index (χ0n) is 10.7. The lowest BCUT2D eigenvalue weighted by Gasteiger charge is -2.16. The number of hydrogen-bond donors (Lipinski definition) is 1. The number of anilines is 1. The Morgan fingerprint density at radius 2 is 2.12 bits per heavy atom. The van der Waals surface area contributed by atoms with Gasteiger partial charge < -0.3 is 9.64 Å². The van der Waals surface area contributed by atoms with Crippen molar-refractivity contribution in [2.75, 3.05) is 38.3 Å². The quantitative estimate of drug-likeness (QED) is 0.540. The summed E-state index contributed by atoms with van der Waals surface area (Å²) in [6.07, 6.45) is 1.89. The first-order valence-electron chi connectivity index (χ1n) is 5.85. The number of rotatable bonds is 9. The monoisotopic (exact) mass is 259 g/mol. The summed E-state index contributed by atoms with van der Waals surface area (Å²) < 4.78 is 4.88. The molecule has 0 spiro atoms. The number of hydrogen-bond acceptors (Lipinski definition) is 6. The minimum absolute atomic E-state index is 0.554. The minimum atomic E-state index is 0.554. The van der Waals surface area contributed by atoms with Crippen LogP contribution in [0.1, 0.15) is 18.7 Å². The molecule has 1 rings (SSSR count). The number of aromatic nitrogens is 1. The van der Waals surface area contributed by atoms with E-state index < -0.39 is 0 Å². The zero-order chi connectivity index (χ0) is 12.5. The van der Waals surface area contributed by atoms with Gasteiger partial charge in [0.2, 0.25) is 0 Å². The van der Waals surface area contributed by atoms with E-state index in [2.05, 4.69) is 29.2 Å². The van der Waals surface area contributed by atoms with Gasteiger partial charge in [-0.15, -0.1) is 11.3 Å². The molecular formula is C11H21N3O2S. The molecule has 0 fully saturated rings. The molecule has 0 aliphatic rings. The summed E-state index contributed by atoms with van der Waals surface area (Å²) in [6, 6.07) is 0. The summed E-state index contributed by atoms with van der Waals surface area (Å²) >= 11 is 1.69. The van der Waals surface area contributed by atoms with Crippen molar-refractivity contribution in [1.82, 2.24) is 10.5 Å². The number of methoxy groups -OCH3 is 1. The molecule has 1 aromatic heterocycles. The van der Waals surface area contributed by atoms with Crippen molar-refractivity contribution in [3.8, 4) is 0 Å². The second-order valence-electron chi connectivity index (χ2n) is 3.44. The molecule has 0 atom stereocenters. The maximum Gasteiger partial charge on any atom is 0.185 e. The molecule has 0 saturated carbocycles. The summed E-state index contributed by atoms with van der Waals surface area (Å²) in [5, 5.41) is 1.07. The molecule has 0 aromatic carbocycles. The number of thiazole rings is 1. The molecule has 5 nitrogen and oxygen atoms in total. The fraction of sp³-hybridized carbons (Fsp3) is 0.727. The van der Waals surface area contributed by atoms with E-state index in [1.165, 1.54) is 4.88 Å². The third kappa shape index (κ3) is 4.99. The Balaban J connectivity index is 2.30. The van der Waals surface area contributed by atoms with Gasteiger partial charge in [-0.1, -0.05) is 0 Å². The van der Waals surface area contributed by atoms with E-state index in [9.17, 15) is 0 Å². The number of nitrogens with one attached hydrogen (secondary N) is 1. The Hall–Kier alpha value is -0.690. The van der Waals surface area contributed by atoms with Crippen LogP contribution in [0.2, 0.25) is 0 Å². The van der Waals surface area contributed by atoms with Crippen LogP contribution in [0, 0.1) is 0 Å². The second-order valence-corrected chi connectivity index (χ2v) is 4.54. The number of hydroxylamine groups is 1. The smallest absolute Gasteiger partial charge is 0.185 e. The molecular weight excluding hydrogens is 238 g/mol. The number of ether oxygens (including phenoxy) is 1.